The van der Waals surface area contributed by atoms with E-state index in [2.05, 4.69) is 0 Å². The molecule has 104 valence electrons. The van der Waals surface area contributed by atoms with Crippen LogP contribution in [0.2, 0.25) is 0 Å². The summed E-state index contributed by atoms with van der Waals surface area (Å²) in [5, 5.41) is 17.4. The SMILES string of the molecule is CC(C#N)CN(C)S(=O)(=O)N(CC(=O)O)C(C)C. The molecule has 0 fully saturated rings. The van der Waals surface area contributed by atoms with Crippen molar-refractivity contribution in [3.8, 4) is 6.07 Å². The van der Waals surface area contributed by atoms with Gasteiger partial charge in [0.2, 0.25) is 0 Å². The number of rotatable bonds is 7. The molecule has 0 aliphatic heterocycles. The van der Waals surface area contributed by atoms with Gasteiger partial charge < -0.3 is 5.11 Å². The molecule has 7 nitrogen and oxygen atoms in total. The van der Waals surface area contributed by atoms with E-state index in [4.69, 9.17) is 10.4 Å². The van der Waals surface area contributed by atoms with Crippen molar-refractivity contribution >= 4 is 16.2 Å². The standard InChI is InChI=1S/C10H19N3O4S/c1-8(2)13(7-10(14)15)18(16,17)12(4)6-9(3)5-11/h8-9H,6-7H2,1-4H3,(H,14,15). The number of carbonyl (C=O) groups is 1. The third kappa shape index (κ3) is 4.60. The van der Waals surface area contributed by atoms with Gasteiger partial charge in [0, 0.05) is 19.6 Å². The van der Waals surface area contributed by atoms with Gasteiger partial charge in [-0.05, 0) is 20.8 Å². The molecule has 1 atom stereocenters. The van der Waals surface area contributed by atoms with Gasteiger partial charge in [-0.1, -0.05) is 0 Å². The van der Waals surface area contributed by atoms with Crippen LogP contribution in [0.5, 0.6) is 0 Å². The molecule has 0 amide bonds. The summed E-state index contributed by atoms with van der Waals surface area (Å²) in [5.41, 5.74) is 0. The summed E-state index contributed by atoms with van der Waals surface area (Å²) in [5.74, 6) is -1.67. The predicted octanol–water partition coefficient (Wildman–Crippen LogP) is 0.118. The van der Waals surface area contributed by atoms with Gasteiger partial charge in [0.1, 0.15) is 6.54 Å². The van der Waals surface area contributed by atoms with E-state index in [1.54, 1.807) is 20.8 Å². The Morgan fingerprint density at radius 2 is 1.89 bits per heavy atom. The molecule has 0 aromatic rings. The van der Waals surface area contributed by atoms with Crippen molar-refractivity contribution in [3.05, 3.63) is 0 Å². The van der Waals surface area contributed by atoms with E-state index in [0.29, 0.717) is 0 Å². The Balaban J connectivity index is 5.07. The second kappa shape index (κ2) is 6.68. The number of carboxylic acid groups (broad SMARTS) is 1. The van der Waals surface area contributed by atoms with Crippen LogP contribution in [0.1, 0.15) is 20.8 Å². The molecule has 18 heavy (non-hydrogen) atoms. The fourth-order valence-corrected chi connectivity index (χ4v) is 2.94. The zero-order valence-electron chi connectivity index (χ0n) is 11.0. The minimum atomic E-state index is -3.87. The second-order valence-electron chi connectivity index (χ2n) is 4.35. The fourth-order valence-electron chi connectivity index (χ4n) is 1.36. The molecule has 0 saturated heterocycles. The summed E-state index contributed by atoms with van der Waals surface area (Å²) in [4.78, 5) is 10.7. The zero-order chi connectivity index (χ0) is 14.5. The highest BCUT2D eigenvalue weighted by Crippen LogP contribution is 2.12. The molecule has 0 aliphatic carbocycles. The van der Waals surface area contributed by atoms with Crippen LogP contribution >= 0.6 is 0 Å². The second-order valence-corrected chi connectivity index (χ2v) is 6.34. The first kappa shape index (κ1) is 16.8. The van der Waals surface area contributed by atoms with Gasteiger partial charge in [0.05, 0.1) is 12.0 Å². The zero-order valence-corrected chi connectivity index (χ0v) is 11.8. The third-order valence-electron chi connectivity index (χ3n) is 2.31. The van der Waals surface area contributed by atoms with E-state index in [-0.39, 0.29) is 6.54 Å². The Bertz CT molecular complexity index is 427. The van der Waals surface area contributed by atoms with E-state index in [1.165, 1.54) is 7.05 Å². The molecule has 0 aromatic carbocycles. The summed E-state index contributed by atoms with van der Waals surface area (Å²) in [6, 6.07) is 1.47. The van der Waals surface area contributed by atoms with Crippen molar-refractivity contribution in [2.75, 3.05) is 20.1 Å². The molecule has 0 saturated carbocycles. The smallest absolute Gasteiger partial charge is 0.318 e. The Morgan fingerprint density at radius 1 is 1.39 bits per heavy atom. The van der Waals surface area contributed by atoms with E-state index in [0.717, 1.165) is 8.61 Å². The van der Waals surface area contributed by atoms with Crippen molar-refractivity contribution in [1.82, 2.24) is 8.61 Å². The van der Waals surface area contributed by atoms with Gasteiger partial charge >= 0.3 is 5.97 Å². The number of carboxylic acids is 1. The topological polar surface area (TPSA) is 102 Å². The van der Waals surface area contributed by atoms with Crippen LogP contribution in [0, 0.1) is 17.2 Å². The molecule has 0 spiro atoms. The lowest BCUT2D eigenvalue weighted by molar-refractivity contribution is -0.137. The molecular formula is C10H19N3O4S. The molecule has 0 rings (SSSR count). The van der Waals surface area contributed by atoms with Crippen LogP contribution in [-0.4, -0.2) is 54.3 Å². The summed E-state index contributed by atoms with van der Waals surface area (Å²) in [7, 11) is -2.53. The summed E-state index contributed by atoms with van der Waals surface area (Å²) in [6.45, 7) is 4.24. The summed E-state index contributed by atoms with van der Waals surface area (Å²) < 4.78 is 26.2. The third-order valence-corrected chi connectivity index (χ3v) is 4.39. The minimum absolute atomic E-state index is 0.0294. The lowest BCUT2D eigenvalue weighted by Gasteiger charge is -2.29. The molecule has 1 unspecified atom stereocenters. The molecule has 0 aromatic heterocycles. The Labute approximate surface area is 108 Å². The van der Waals surface area contributed by atoms with Crippen molar-refractivity contribution in [1.29, 1.82) is 5.26 Å². The maximum Gasteiger partial charge on any atom is 0.318 e. The summed E-state index contributed by atoms with van der Waals surface area (Å²) >= 11 is 0. The highest BCUT2D eigenvalue weighted by Gasteiger charge is 2.31. The largest absolute Gasteiger partial charge is 0.480 e. The molecule has 8 heteroatoms. The number of hydrogen-bond donors (Lipinski definition) is 1. The van der Waals surface area contributed by atoms with Crippen LogP contribution < -0.4 is 0 Å². The monoisotopic (exact) mass is 277 g/mol. The average Bonchev–Trinajstić information content (AvgIpc) is 2.24. The molecule has 0 radical (unpaired) electrons. The van der Waals surface area contributed by atoms with Crippen molar-refractivity contribution in [2.45, 2.75) is 26.8 Å². The van der Waals surface area contributed by atoms with Crippen molar-refractivity contribution in [2.24, 2.45) is 5.92 Å². The number of nitrogens with zero attached hydrogens (tertiary/aromatic N) is 3. The van der Waals surface area contributed by atoms with E-state index in [9.17, 15) is 13.2 Å². The Hall–Kier alpha value is -1.17. The molecule has 0 aliphatic rings. The molecule has 1 N–H and O–H groups in total. The highest BCUT2D eigenvalue weighted by molar-refractivity contribution is 7.86. The first-order chi connectivity index (χ1) is 8.12. The number of hydrogen-bond acceptors (Lipinski definition) is 4. The van der Waals surface area contributed by atoms with E-state index < -0.39 is 34.7 Å². The van der Waals surface area contributed by atoms with Crippen LogP contribution in [-0.2, 0) is 15.0 Å². The summed E-state index contributed by atoms with van der Waals surface area (Å²) in [6.07, 6.45) is 0. The first-order valence-electron chi connectivity index (χ1n) is 5.47. The normalized spacial score (nSPS) is 13.9. The predicted molar refractivity (Wildman–Crippen MR) is 65.8 cm³/mol. The van der Waals surface area contributed by atoms with Crippen LogP contribution in [0.15, 0.2) is 0 Å². The van der Waals surface area contributed by atoms with Crippen molar-refractivity contribution < 1.29 is 18.3 Å². The first-order valence-corrected chi connectivity index (χ1v) is 6.87. The molecule has 0 heterocycles. The fraction of sp³-hybridized carbons (Fsp3) is 0.800. The van der Waals surface area contributed by atoms with E-state index in [1.807, 2.05) is 6.07 Å². The van der Waals surface area contributed by atoms with Gasteiger partial charge in [-0.2, -0.15) is 22.3 Å². The van der Waals surface area contributed by atoms with Crippen LogP contribution in [0.3, 0.4) is 0 Å². The van der Waals surface area contributed by atoms with Gasteiger partial charge in [-0.15, -0.1) is 0 Å². The Morgan fingerprint density at radius 3 is 2.22 bits per heavy atom. The lowest BCUT2D eigenvalue weighted by Crippen LogP contribution is -2.48. The quantitative estimate of drug-likeness (QED) is 0.712. The van der Waals surface area contributed by atoms with Gasteiger partial charge in [-0.3, -0.25) is 4.79 Å². The van der Waals surface area contributed by atoms with E-state index >= 15 is 0 Å². The Kier molecular flexibility index (Phi) is 6.25. The maximum atomic E-state index is 12.1. The van der Waals surface area contributed by atoms with Gasteiger partial charge in [-0.25, -0.2) is 0 Å². The highest BCUT2D eigenvalue weighted by atomic mass is 32.2. The maximum absolute atomic E-state index is 12.1. The number of nitriles is 1. The van der Waals surface area contributed by atoms with Gasteiger partial charge in [0.15, 0.2) is 0 Å². The van der Waals surface area contributed by atoms with Gasteiger partial charge in [0.25, 0.3) is 10.2 Å². The van der Waals surface area contributed by atoms with Crippen molar-refractivity contribution in [3.63, 3.8) is 0 Å². The molecule has 0 bridgehead atoms. The number of aliphatic carboxylic acids is 1. The molecular weight excluding hydrogens is 258 g/mol. The minimum Gasteiger partial charge on any atom is -0.480 e. The average molecular weight is 277 g/mol. The van der Waals surface area contributed by atoms with Crippen LogP contribution in [0.4, 0.5) is 0 Å². The lowest BCUT2D eigenvalue weighted by atomic mass is 10.2. The van der Waals surface area contributed by atoms with Crippen LogP contribution in [0.25, 0.3) is 0 Å².